The van der Waals surface area contributed by atoms with Crippen LogP contribution in [-0.2, 0) is 4.74 Å². The molecule has 120 valence electrons. The van der Waals surface area contributed by atoms with Crippen molar-refractivity contribution in [3.05, 3.63) is 29.8 Å². The van der Waals surface area contributed by atoms with Gasteiger partial charge in [-0.25, -0.2) is 0 Å². The fraction of sp³-hybridized carbons (Fsp3) is 0.588. The van der Waals surface area contributed by atoms with Gasteiger partial charge in [0.25, 0.3) is 0 Å². The Morgan fingerprint density at radius 3 is 2.77 bits per heavy atom. The van der Waals surface area contributed by atoms with E-state index in [4.69, 9.17) is 14.7 Å². The molecule has 0 saturated carbocycles. The number of methoxy groups -OCH3 is 1. The highest BCUT2D eigenvalue weighted by Gasteiger charge is 2.22. The smallest absolute Gasteiger partial charge is 0.137 e. The van der Waals surface area contributed by atoms with Crippen LogP contribution in [0.2, 0.25) is 0 Å². The summed E-state index contributed by atoms with van der Waals surface area (Å²) in [6.07, 6.45) is 0. The fourth-order valence-electron chi connectivity index (χ4n) is 2.78. The van der Waals surface area contributed by atoms with E-state index in [2.05, 4.69) is 22.8 Å². The molecule has 5 heteroatoms. The molecule has 0 radical (unpaired) electrons. The summed E-state index contributed by atoms with van der Waals surface area (Å²) in [5.41, 5.74) is 0.597. The van der Waals surface area contributed by atoms with Gasteiger partial charge in [-0.15, -0.1) is 0 Å². The summed E-state index contributed by atoms with van der Waals surface area (Å²) in [5.74, 6) is 0.678. The molecule has 1 aliphatic heterocycles. The van der Waals surface area contributed by atoms with Gasteiger partial charge in [0.15, 0.2) is 0 Å². The van der Waals surface area contributed by atoms with Crippen LogP contribution >= 0.6 is 0 Å². The van der Waals surface area contributed by atoms with Crippen molar-refractivity contribution in [2.45, 2.75) is 13.0 Å². The van der Waals surface area contributed by atoms with E-state index in [1.807, 2.05) is 18.2 Å². The van der Waals surface area contributed by atoms with Gasteiger partial charge in [-0.2, -0.15) is 5.26 Å². The third-order valence-corrected chi connectivity index (χ3v) is 4.10. The molecule has 1 saturated heterocycles. The highest BCUT2D eigenvalue weighted by molar-refractivity contribution is 5.42. The van der Waals surface area contributed by atoms with Gasteiger partial charge in [0, 0.05) is 45.9 Å². The molecule has 0 N–H and O–H groups in total. The standard InChI is InChI=1S/C17H25N3O2/c1-15-14-19(7-8-20(15)10-11-21-2)9-12-22-17-6-4-3-5-16(17)13-18/h3-6,15H,7-12,14H2,1-2H3/t15-/m0/s1. The quantitative estimate of drug-likeness (QED) is 0.765. The van der Waals surface area contributed by atoms with Crippen molar-refractivity contribution in [1.29, 1.82) is 5.26 Å². The fourth-order valence-corrected chi connectivity index (χ4v) is 2.78. The van der Waals surface area contributed by atoms with Gasteiger partial charge in [0.2, 0.25) is 0 Å². The first-order valence-electron chi connectivity index (χ1n) is 7.82. The number of rotatable bonds is 7. The SMILES string of the molecule is COCCN1CCN(CCOc2ccccc2C#N)C[C@@H]1C. The third kappa shape index (κ3) is 4.70. The predicted octanol–water partition coefficient (Wildman–Crippen LogP) is 1.59. The van der Waals surface area contributed by atoms with Crippen molar-refractivity contribution in [2.24, 2.45) is 0 Å². The van der Waals surface area contributed by atoms with E-state index in [1.54, 1.807) is 13.2 Å². The summed E-state index contributed by atoms with van der Waals surface area (Å²) < 4.78 is 10.9. The summed E-state index contributed by atoms with van der Waals surface area (Å²) in [7, 11) is 1.75. The number of piperazine rings is 1. The van der Waals surface area contributed by atoms with Gasteiger partial charge in [0.05, 0.1) is 12.2 Å². The zero-order chi connectivity index (χ0) is 15.8. The number of ether oxygens (including phenoxy) is 2. The lowest BCUT2D eigenvalue weighted by Crippen LogP contribution is -2.53. The molecule has 22 heavy (non-hydrogen) atoms. The molecule has 0 aromatic heterocycles. The Bertz CT molecular complexity index is 501. The van der Waals surface area contributed by atoms with Crippen LogP contribution in [0.3, 0.4) is 0 Å². The van der Waals surface area contributed by atoms with Gasteiger partial charge in [0.1, 0.15) is 18.4 Å². The first kappa shape index (κ1) is 16.8. The highest BCUT2D eigenvalue weighted by atomic mass is 16.5. The summed E-state index contributed by atoms with van der Waals surface area (Å²) >= 11 is 0. The molecule has 2 rings (SSSR count). The Balaban J connectivity index is 1.73. The molecule has 0 aliphatic carbocycles. The van der Waals surface area contributed by atoms with E-state index in [-0.39, 0.29) is 0 Å². The van der Waals surface area contributed by atoms with Crippen molar-refractivity contribution < 1.29 is 9.47 Å². The second-order valence-corrected chi connectivity index (χ2v) is 5.63. The Labute approximate surface area is 133 Å². The van der Waals surface area contributed by atoms with Crippen molar-refractivity contribution in [1.82, 2.24) is 9.80 Å². The maximum Gasteiger partial charge on any atom is 0.137 e. The number of benzene rings is 1. The number of hydrogen-bond acceptors (Lipinski definition) is 5. The van der Waals surface area contributed by atoms with Crippen molar-refractivity contribution in [3.63, 3.8) is 0 Å². The third-order valence-electron chi connectivity index (χ3n) is 4.10. The molecule has 1 atom stereocenters. The van der Waals surface area contributed by atoms with Crippen LogP contribution < -0.4 is 4.74 Å². The van der Waals surface area contributed by atoms with Crippen molar-refractivity contribution >= 4 is 0 Å². The number of nitrogens with zero attached hydrogens (tertiary/aromatic N) is 3. The lowest BCUT2D eigenvalue weighted by atomic mass is 10.2. The van der Waals surface area contributed by atoms with Gasteiger partial charge in [-0.1, -0.05) is 12.1 Å². The Hall–Kier alpha value is -1.61. The molecular formula is C17H25N3O2. The Morgan fingerprint density at radius 1 is 1.23 bits per heavy atom. The number of nitriles is 1. The zero-order valence-electron chi connectivity index (χ0n) is 13.5. The van der Waals surface area contributed by atoms with E-state index in [9.17, 15) is 0 Å². The molecule has 1 aliphatic rings. The average molecular weight is 303 g/mol. The van der Waals surface area contributed by atoms with Crippen LogP contribution in [0, 0.1) is 11.3 Å². The molecule has 5 nitrogen and oxygen atoms in total. The molecule has 1 aromatic carbocycles. The van der Waals surface area contributed by atoms with E-state index in [0.29, 0.717) is 24.0 Å². The zero-order valence-corrected chi connectivity index (χ0v) is 13.5. The summed E-state index contributed by atoms with van der Waals surface area (Å²) in [5, 5.41) is 9.05. The van der Waals surface area contributed by atoms with Gasteiger partial charge in [-0.05, 0) is 19.1 Å². The number of hydrogen-bond donors (Lipinski definition) is 0. The maximum atomic E-state index is 9.05. The van der Waals surface area contributed by atoms with Gasteiger partial charge in [-0.3, -0.25) is 9.80 Å². The largest absolute Gasteiger partial charge is 0.491 e. The predicted molar refractivity (Wildman–Crippen MR) is 86.0 cm³/mol. The van der Waals surface area contributed by atoms with E-state index in [0.717, 1.165) is 39.3 Å². The first-order chi connectivity index (χ1) is 10.7. The van der Waals surface area contributed by atoms with Crippen LogP contribution in [0.1, 0.15) is 12.5 Å². The topological polar surface area (TPSA) is 48.7 Å². The molecule has 1 heterocycles. The van der Waals surface area contributed by atoms with Crippen LogP contribution in [0.25, 0.3) is 0 Å². The highest BCUT2D eigenvalue weighted by Crippen LogP contribution is 2.16. The lowest BCUT2D eigenvalue weighted by molar-refractivity contribution is 0.0531. The molecule has 1 fully saturated rings. The minimum atomic E-state index is 0.537. The minimum absolute atomic E-state index is 0.537. The molecule has 0 unspecified atom stereocenters. The maximum absolute atomic E-state index is 9.05. The average Bonchev–Trinajstić information content (AvgIpc) is 2.54. The van der Waals surface area contributed by atoms with Gasteiger partial charge < -0.3 is 9.47 Å². The summed E-state index contributed by atoms with van der Waals surface area (Å²) in [6, 6.07) is 10.1. The van der Waals surface area contributed by atoms with E-state index in [1.165, 1.54) is 0 Å². The first-order valence-corrected chi connectivity index (χ1v) is 7.82. The Kier molecular flexibility index (Phi) is 6.66. The number of para-hydroxylation sites is 1. The molecular weight excluding hydrogens is 278 g/mol. The second-order valence-electron chi connectivity index (χ2n) is 5.63. The lowest BCUT2D eigenvalue weighted by Gasteiger charge is -2.39. The summed E-state index contributed by atoms with van der Waals surface area (Å²) in [4.78, 5) is 4.88. The molecule has 0 bridgehead atoms. The molecule has 1 aromatic rings. The second kappa shape index (κ2) is 8.74. The van der Waals surface area contributed by atoms with Crippen LogP contribution in [0.15, 0.2) is 24.3 Å². The van der Waals surface area contributed by atoms with E-state index >= 15 is 0 Å². The monoisotopic (exact) mass is 303 g/mol. The van der Waals surface area contributed by atoms with Crippen molar-refractivity contribution in [2.75, 3.05) is 53.0 Å². The van der Waals surface area contributed by atoms with Crippen LogP contribution in [-0.4, -0.2) is 68.9 Å². The Morgan fingerprint density at radius 2 is 2.05 bits per heavy atom. The van der Waals surface area contributed by atoms with Crippen molar-refractivity contribution in [3.8, 4) is 11.8 Å². The van der Waals surface area contributed by atoms with E-state index < -0.39 is 0 Å². The van der Waals surface area contributed by atoms with Crippen LogP contribution in [0.5, 0.6) is 5.75 Å². The minimum Gasteiger partial charge on any atom is -0.491 e. The molecule has 0 spiro atoms. The van der Waals surface area contributed by atoms with Crippen LogP contribution in [0.4, 0.5) is 0 Å². The normalized spacial score (nSPS) is 19.8. The summed E-state index contributed by atoms with van der Waals surface area (Å²) in [6.45, 7) is 8.72. The van der Waals surface area contributed by atoms with Gasteiger partial charge >= 0.3 is 0 Å². The molecule has 0 amide bonds.